The van der Waals surface area contributed by atoms with E-state index < -0.39 is 0 Å². The summed E-state index contributed by atoms with van der Waals surface area (Å²) in [4.78, 5) is 12.0. The summed E-state index contributed by atoms with van der Waals surface area (Å²) >= 11 is 17.9. The Labute approximate surface area is 138 Å². The van der Waals surface area contributed by atoms with E-state index in [0.29, 0.717) is 20.8 Å². The molecule has 1 amide bonds. The van der Waals surface area contributed by atoms with Gasteiger partial charge in [0.1, 0.15) is 0 Å². The lowest BCUT2D eigenvalue weighted by Crippen LogP contribution is -2.39. The molecule has 1 heterocycles. The van der Waals surface area contributed by atoms with Crippen molar-refractivity contribution in [3.05, 3.63) is 57.3 Å². The van der Waals surface area contributed by atoms with Gasteiger partial charge < -0.3 is 5.32 Å². The number of pyridine rings is 1. The first-order valence-corrected chi connectivity index (χ1v) is 7.55. The molecular weight excluding hydrogens is 331 g/mol. The molecule has 0 fully saturated rings. The van der Waals surface area contributed by atoms with Gasteiger partial charge in [0, 0.05) is 17.2 Å². The first kappa shape index (κ1) is 16.1. The van der Waals surface area contributed by atoms with Crippen molar-refractivity contribution in [3.63, 3.8) is 0 Å². The van der Waals surface area contributed by atoms with Gasteiger partial charge in [-0.1, -0.05) is 41.7 Å². The summed E-state index contributed by atoms with van der Waals surface area (Å²) in [5, 5.41) is 3.75. The second-order valence-electron chi connectivity index (χ2n) is 4.52. The van der Waals surface area contributed by atoms with E-state index >= 15 is 0 Å². The number of nitrogens with one attached hydrogen (secondary N) is 1. The molecule has 0 unspecified atom stereocenters. The Balaban J connectivity index is 2.08. The second-order valence-corrected chi connectivity index (χ2v) is 5.78. The number of hydrogen-bond acceptors (Lipinski definition) is 1. The van der Waals surface area contributed by atoms with Crippen LogP contribution in [0.15, 0.2) is 36.7 Å². The van der Waals surface area contributed by atoms with Gasteiger partial charge in [-0.25, -0.2) is 0 Å². The van der Waals surface area contributed by atoms with Crippen molar-refractivity contribution >= 4 is 46.4 Å². The minimum absolute atomic E-state index is 0.180. The predicted molar refractivity (Wildman–Crippen MR) is 86.1 cm³/mol. The molecular formula is C15H14Cl3N2O+. The van der Waals surface area contributed by atoms with Gasteiger partial charge in [-0.3, -0.25) is 4.79 Å². The molecule has 2 aromatic rings. The zero-order chi connectivity index (χ0) is 15.4. The summed E-state index contributed by atoms with van der Waals surface area (Å²) in [5.74, 6) is -0.213. The standard InChI is InChI=1S/C15H13Cl3N2O/c1-2-10-3-5-20(6-4-10)9-14(21)19-15-12(17)7-11(16)8-13(15)18/h3-8H,2,9H2,1H3/p+1. The first-order valence-electron chi connectivity index (χ1n) is 6.42. The van der Waals surface area contributed by atoms with Crippen molar-refractivity contribution < 1.29 is 9.36 Å². The lowest BCUT2D eigenvalue weighted by atomic mass is 10.2. The summed E-state index contributed by atoms with van der Waals surface area (Å²) in [6.07, 6.45) is 4.69. The van der Waals surface area contributed by atoms with Crippen molar-refractivity contribution in [3.8, 4) is 0 Å². The van der Waals surface area contributed by atoms with Crippen molar-refractivity contribution in [2.75, 3.05) is 5.32 Å². The molecule has 0 saturated heterocycles. The first-order chi connectivity index (χ1) is 9.99. The molecule has 0 aliphatic heterocycles. The number of rotatable bonds is 4. The van der Waals surface area contributed by atoms with Gasteiger partial charge in [0.15, 0.2) is 12.4 Å². The van der Waals surface area contributed by atoms with Crippen molar-refractivity contribution in [2.45, 2.75) is 19.9 Å². The van der Waals surface area contributed by atoms with Crippen LogP contribution in [0, 0.1) is 0 Å². The van der Waals surface area contributed by atoms with Crippen LogP contribution in [0.5, 0.6) is 0 Å². The average Bonchev–Trinajstić information content (AvgIpc) is 2.43. The lowest BCUT2D eigenvalue weighted by molar-refractivity contribution is -0.684. The Morgan fingerprint density at radius 1 is 1.14 bits per heavy atom. The number of hydrogen-bond donors (Lipinski definition) is 1. The molecule has 0 spiro atoms. The number of nitrogens with zero attached hydrogens (tertiary/aromatic N) is 1. The van der Waals surface area contributed by atoms with Crippen LogP contribution in [0.1, 0.15) is 12.5 Å². The fourth-order valence-corrected chi connectivity index (χ4v) is 2.75. The normalized spacial score (nSPS) is 10.5. The summed E-state index contributed by atoms with van der Waals surface area (Å²) in [7, 11) is 0. The molecule has 1 N–H and O–H groups in total. The largest absolute Gasteiger partial charge is 0.318 e. The Bertz CT molecular complexity index is 633. The van der Waals surface area contributed by atoms with Crippen molar-refractivity contribution in [1.29, 1.82) is 0 Å². The lowest BCUT2D eigenvalue weighted by Gasteiger charge is -2.08. The number of anilines is 1. The maximum Gasteiger partial charge on any atom is 0.290 e. The minimum atomic E-state index is -0.213. The third-order valence-electron chi connectivity index (χ3n) is 2.97. The Morgan fingerprint density at radius 2 is 1.71 bits per heavy atom. The van der Waals surface area contributed by atoms with Gasteiger partial charge in [-0.05, 0) is 24.1 Å². The number of halogens is 3. The summed E-state index contributed by atoms with van der Waals surface area (Å²) in [5.41, 5.74) is 1.59. The fraction of sp³-hybridized carbons (Fsp3) is 0.200. The molecule has 0 aliphatic rings. The van der Waals surface area contributed by atoms with E-state index in [-0.39, 0.29) is 12.5 Å². The highest BCUT2D eigenvalue weighted by Gasteiger charge is 2.14. The molecule has 0 aliphatic carbocycles. The van der Waals surface area contributed by atoms with Crippen LogP contribution in [0.25, 0.3) is 0 Å². The Kier molecular flexibility index (Phi) is 5.45. The quantitative estimate of drug-likeness (QED) is 0.831. The minimum Gasteiger partial charge on any atom is -0.318 e. The number of amides is 1. The van der Waals surface area contributed by atoms with Crippen LogP contribution < -0.4 is 9.88 Å². The number of aromatic nitrogens is 1. The molecule has 2 rings (SSSR count). The van der Waals surface area contributed by atoms with E-state index in [1.807, 2.05) is 24.5 Å². The van der Waals surface area contributed by atoms with Crippen LogP contribution in [0.4, 0.5) is 5.69 Å². The molecule has 0 radical (unpaired) electrons. The van der Waals surface area contributed by atoms with E-state index in [9.17, 15) is 4.79 Å². The third-order valence-corrected chi connectivity index (χ3v) is 3.78. The van der Waals surface area contributed by atoms with E-state index in [1.165, 1.54) is 17.7 Å². The predicted octanol–water partition coefficient (Wildman–Crippen LogP) is 4.14. The number of benzene rings is 1. The molecule has 1 aromatic heterocycles. The highest BCUT2D eigenvalue weighted by Crippen LogP contribution is 2.33. The molecule has 0 saturated carbocycles. The Morgan fingerprint density at radius 3 is 2.24 bits per heavy atom. The third kappa shape index (κ3) is 4.34. The van der Waals surface area contributed by atoms with Crippen LogP contribution in [0.2, 0.25) is 15.1 Å². The molecule has 3 nitrogen and oxygen atoms in total. The second kappa shape index (κ2) is 7.12. The summed E-state index contributed by atoms with van der Waals surface area (Å²) in [6, 6.07) is 7.03. The van der Waals surface area contributed by atoms with Gasteiger partial charge in [-0.2, -0.15) is 4.57 Å². The van der Waals surface area contributed by atoms with E-state index in [2.05, 4.69) is 12.2 Å². The molecule has 1 aromatic carbocycles. The molecule has 0 atom stereocenters. The monoisotopic (exact) mass is 343 g/mol. The fourth-order valence-electron chi connectivity index (χ4n) is 1.84. The number of aryl methyl sites for hydroxylation is 1. The van der Waals surface area contributed by atoms with Crippen molar-refractivity contribution in [1.82, 2.24) is 0 Å². The van der Waals surface area contributed by atoms with Crippen LogP contribution in [-0.4, -0.2) is 5.91 Å². The highest BCUT2D eigenvalue weighted by molar-refractivity contribution is 6.42. The van der Waals surface area contributed by atoms with Gasteiger partial charge in [-0.15, -0.1) is 0 Å². The highest BCUT2D eigenvalue weighted by atomic mass is 35.5. The number of carbonyl (C=O) groups is 1. The molecule has 21 heavy (non-hydrogen) atoms. The van der Waals surface area contributed by atoms with Crippen LogP contribution >= 0.6 is 34.8 Å². The SMILES string of the molecule is CCc1cc[n+](CC(=O)Nc2c(Cl)cc(Cl)cc2Cl)cc1. The summed E-state index contributed by atoms with van der Waals surface area (Å²) in [6.45, 7) is 2.26. The summed E-state index contributed by atoms with van der Waals surface area (Å²) < 4.78 is 1.78. The van der Waals surface area contributed by atoms with Crippen molar-refractivity contribution in [2.24, 2.45) is 0 Å². The molecule has 6 heteroatoms. The number of carbonyl (C=O) groups excluding carboxylic acids is 1. The zero-order valence-corrected chi connectivity index (χ0v) is 13.6. The smallest absolute Gasteiger partial charge is 0.290 e. The zero-order valence-electron chi connectivity index (χ0n) is 11.4. The molecule has 110 valence electrons. The van der Waals surface area contributed by atoms with Gasteiger partial charge in [0.2, 0.25) is 6.54 Å². The maximum atomic E-state index is 12.0. The van der Waals surface area contributed by atoms with E-state index in [0.717, 1.165) is 6.42 Å². The van der Waals surface area contributed by atoms with Crippen LogP contribution in [0.3, 0.4) is 0 Å². The van der Waals surface area contributed by atoms with Gasteiger partial charge in [0.05, 0.1) is 15.7 Å². The van der Waals surface area contributed by atoms with Crippen LogP contribution in [-0.2, 0) is 17.8 Å². The average molecular weight is 345 g/mol. The van der Waals surface area contributed by atoms with E-state index in [1.54, 1.807) is 4.57 Å². The van der Waals surface area contributed by atoms with Gasteiger partial charge >= 0.3 is 0 Å². The maximum absolute atomic E-state index is 12.0. The van der Waals surface area contributed by atoms with Gasteiger partial charge in [0.25, 0.3) is 5.91 Å². The Hall–Kier alpha value is -1.29. The van der Waals surface area contributed by atoms with E-state index in [4.69, 9.17) is 34.8 Å². The topological polar surface area (TPSA) is 33.0 Å². The molecule has 0 bridgehead atoms.